The number of carbonyl (C=O) groups is 3. The van der Waals surface area contributed by atoms with Crippen molar-refractivity contribution in [1.29, 1.82) is 0 Å². The number of carboxylic acid groups (broad SMARTS) is 1. The number of carboxylic acids is 1. The second kappa shape index (κ2) is 11.6. The fourth-order valence-corrected chi connectivity index (χ4v) is 7.27. The van der Waals surface area contributed by atoms with Crippen molar-refractivity contribution in [3.8, 4) is 5.75 Å². The zero-order chi connectivity index (χ0) is 25.9. The van der Waals surface area contributed by atoms with Gasteiger partial charge in [-0.05, 0) is 79.5 Å². The zero-order valence-electron chi connectivity index (χ0n) is 20.7. The Morgan fingerprint density at radius 1 is 1.08 bits per heavy atom. The number of carbonyl (C=O) groups excluding carboxylic acids is 2. The van der Waals surface area contributed by atoms with Crippen LogP contribution < -0.4 is 4.74 Å². The first-order chi connectivity index (χ1) is 17.3. The van der Waals surface area contributed by atoms with Gasteiger partial charge in [-0.15, -0.1) is 23.2 Å². The quantitative estimate of drug-likeness (QED) is 0.324. The first-order valence-corrected chi connectivity index (χ1v) is 14.0. The number of fused-ring (bicyclic) bond motifs is 5. The molecule has 0 unspecified atom stereocenters. The minimum absolute atomic E-state index is 0.0681. The summed E-state index contributed by atoms with van der Waals surface area (Å²) in [4.78, 5) is 37.1. The highest BCUT2D eigenvalue weighted by molar-refractivity contribution is 6.18. The van der Waals surface area contributed by atoms with Gasteiger partial charge in [-0.1, -0.05) is 13.0 Å². The summed E-state index contributed by atoms with van der Waals surface area (Å²) in [5.41, 5.74) is 2.51. The lowest BCUT2D eigenvalue weighted by Crippen LogP contribution is -2.45. The third kappa shape index (κ3) is 5.62. The maximum absolute atomic E-state index is 12.6. The van der Waals surface area contributed by atoms with Crippen LogP contribution in [0.15, 0.2) is 18.2 Å². The van der Waals surface area contributed by atoms with Crippen LogP contribution in [0.5, 0.6) is 5.75 Å². The maximum atomic E-state index is 12.6. The summed E-state index contributed by atoms with van der Waals surface area (Å²) in [6.45, 7) is 3.02. The van der Waals surface area contributed by atoms with Crippen molar-refractivity contribution in [1.82, 2.24) is 4.90 Å². The van der Waals surface area contributed by atoms with Crippen molar-refractivity contribution in [3.05, 3.63) is 29.3 Å². The van der Waals surface area contributed by atoms with Crippen LogP contribution in [0.25, 0.3) is 0 Å². The molecule has 1 amide bonds. The van der Waals surface area contributed by atoms with E-state index in [1.165, 1.54) is 16.0 Å². The van der Waals surface area contributed by atoms with Gasteiger partial charge in [0.15, 0.2) is 0 Å². The van der Waals surface area contributed by atoms with Crippen LogP contribution >= 0.6 is 23.2 Å². The van der Waals surface area contributed by atoms with E-state index in [0.29, 0.717) is 48.4 Å². The van der Waals surface area contributed by atoms with Crippen LogP contribution in [0.3, 0.4) is 0 Å². The van der Waals surface area contributed by atoms with Gasteiger partial charge in [0, 0.05) is 30.3 Å². The Morgan fingerprint density at radius 2 is 1.83 bits per heavy atom. The molecule has 0 spiro atoms. The van der Waals surface area contributed by atoms with E-state index in [1.807, 2.05) is 12.1 Å². The van der Waals surface area contributed by atoms with E-state index in [9.17, 15) is 14.4 Å². The Balaban J connectivity index is 1.43. The van der Waals surface area contributed by atoms with Gasteiger partial charge >= 0.3 is 18.0 Å². The number of aryl methyl sites for hydroxylation is 1. The molecule has 3 aliphatic carbocycles. The van der Waals surface area contributed by atoms with E-state index >= 15 is 0 Å². The van der Waals surface area contributed by atoms with Crippen LogP contribution in [-0.2, 0) is 20.7 Å². The maximum Gasteiger partial charge on any atom is 0.415 e. The number of aliphatic carboxylic acids is 1. The fourth-order valence-electron chi connectivity index (χ4n) is 6.86. The molecule has 1 N–H and O–H groups in total. The second-order valence-corrected chi connectivity index (χ2v) is 11.3. The van der Waals surface area contributed by atoms with E-state index in [-0.39, 0.29) is 24.4 Å². The van der Waals surface area contributed by atoms with Crippen LogP contribution in [0.2, 0.25) is 0 Å². The number of amides is 1. The van der Waals surface area contributed by atoms with Gasteiger partial charge in [-0.25, -0.2) is 4.79 Å². The molecular formula is C27H35Cl2NO6. The molecular weight excluding hydrogens is 505 g/mol. The largest absolute Gasteiger partial charge is 0.481 e. The van der Waals surface area contributed by atoms with E-state index in [2.05, 4.69) is 13.0 Å². The number of benzene rings is 1. The van der Waals surface area contributed by atoms with Crippen LogP contribution in [-0.4, -0.2) is 59.0 Å². The topological polar surface area (TPSA) is 93.1 Å². The minimum atomic E-state index is -0.982. The lowest BCUT2D eigenvalue weighted by Gasteiger charge is -2.50. The Bertz CT molecular complexity index is 981. The molecule has 0 saturated heterocycles. The number of ether oxygens (including phenoxy) is 2. The molecule has 0 heterocycles. The lowest BCUT2D eigenvalue weighted by molar-refractivity contribution is -0.159. The van der Waals surface area contributed by atoms with Crippen LogP contribution in [0.1, 0.15) is 68.9 Å². The van der Waals surface area contributed by atoms with Gasteiger partial charge in [0.2, 0.25) is 0 Å². The van der Waals surface area contributed by atoms with Crippen molar-refractivity contribution >= 4 is 41.2 Å². The van der Waals surface area contributed by atoms with Crippen molar-refractivity contribution in [2.45, 2.75) is 70.3 Å². The number of halogens is 2. The van der Waals surface area contributed by atoms with Gasteiger partial charge in [0.1, 0.15) is 11.9 Å². The highest BCUT2D eigenvalue weighted by atomic mass is 35.5. The molecule has 2 fully saturated rings. The molecule has 1 aromatic rings. The number of hydrogen-bond acceptors (Lipinski definition) is 5. The average molecular weight is 540 g/mol. The Labute approximate surface area is 222 Å². The van der Waals surface area contributed by atoms with Gasteiger partial charge in [0.25, 0.3) is 0 Å². The number of nitrogens with zero attached hydrogens (tertiary/aromatic N) is 1. The third-order valence-electron chi connectivity index (χ3n) is 8.60. The molecule has 0 radical (unpaired) electrons. The zero-order valence-corrected chi connectivity index (χ0v) is 22.2. The minimum Gasteiger partial charge on any atom is -0.481 e. The monoisotopic (exact) mass is 539 g/mol. The van der Waals surface area contributed by atoms with E-state index in [0.717, 1.165) is 38.5 Å². The van der Waals surface area contributed by atoms with Gasteiger partial charge < -0.3 is 19.5 Å². The Hall–Kier alpha value is -1.99. The summed E-state index contributed by atoms with van der Waals surface area (Å²) in [6.07, 6.45) is 4.98. The SMILES string of the molecule is C[C@]12CC[C@@H]3c4ccc(OC(=O)N(CCCl)CCCl)cc4CC[C@H]3[C@@H]1CC[C@@H]2OC(=O)CCC(=O)O. The molecule has 198 valence electrons. The van der Waals surface area contributed by atoms with Gasteiger partial charge in [0.05, 0.1) is 12.8 Å². The fraction of sp³-hybridized carbons (Fsp3) is 0.667. The molecule has 4 rings (SSSR count). The molecule has 3 aliphatic rings. The number of rotatable bonds is 9. The third-order valence-corrected chi connectivity index (χ3v) is 8.94. The Kier molecular flexibility index (Phi) is 8.71. The molecule has 0 aliphatic heterocycles. The summed E-state index contributed by atoms with van der Waals surface area (Å²) in [5.74, 6) is 1.24. The van der Waals surface area contributed by atoms with Crippen LogP contribution in [0, 0.1) is 17.3 Å². The van der Waals surface area contributed by atoms with E-state index < -0.39 is 18.0 Å². The average Bonchev–Trinajstić information content (AvgIpc) is 3.18. The summed E-state index contributed by atoms with van der Waals surface area (Å²) in [7, 11) is 0. The molecule has 1 aromatic carbocycles. The highest BCUT2D eigenvalue weighted by Crippen LogP contribution is 2.61. The number of hydrogen-bond donors (Lipinski definition) is 1. The second-order valence-electron chi connectivity index (χ2n) is 10.5. The molecule has 9 heteroatoms. The molecule has 36 heavy (non-hydrogen) atoms. The first-order valence-electron chi connectivity index (χ1n) is 12.9. The molecule has 0 bridgehead atoms. The van der Waals surface area contributed by atoms with Crippen molar-refractivity contribution in [2.75, 3.05) is 24.8 Å². The molecule has 2 saturated carbocycles. The summed E-state index contributed by atoms with van der Waals surface area (Å²) < 4.78 is 11.5. The van der Waals surface area contributed by atoms with E-state index in [4.69, 9.17) is 37.8 Å². The smallest absolute Gasteiger partial charge is 0.415 e. The molecule has 5 atom stereocenters. The van der Waals surface area contributed by atoms with Crippen molar-refractivity contribution in [2.24, 2.45) is 17.3 Å². The number of alkyl halides is 2. The summed E-state index contributed by atoms with van der Waals surface area (Å²) in [6, 6.07) is 6.00. The normalized spacial score (nSPS) is 28.4. The highest BCUT2D eigenvalue weighted by Gasteiger charge is 2.56. The lowest BCUT2D eigenvalue weighted by atomic mass is 9.55. The number of esters is 1. The van der Waals surface area contributed by atoms with E-state index in [1.54, 1.807) is 0 Å². The van der Waals surface area contributed by atoms with Crippen LogP contribution in [0.4, 0.5) is 4.79 Å². The van der Waals surface area contributed by atoms with Gasteiger partial charge in [-0.3, -0.25) is 9.59 Å². The first kappa shape index (κ1) is 27.1. The predicted octanol–water partition coefficient (Wildman–Crippen LogP) is 5.60. The predicted molar refractivity (Wildman–Crippen MR) is 137 cm³/mol. The Morgan fingerprint density at radius 3 is 2.53 bits per heavy atom. The summed E-state index contributed by atoms with van der Waals surface area (Å²) >= 11 is 11.6. The summed E-state index contributed by atoms with van der Waals surface area (Å²) in [5, 5.41) is 8.85. The van der Waals surface area contributed by atoms with Crippen molar-refractivity contribution < 1.29 is 29.0 Å². The van der Waals surface area contributed by atoms with Gasteiger partial charge in [-0.2, -0.15) is 0 Å². The standard InChI is InChI=1S/C27H35Cl2NO6/c1-27-11-10-20-19-5-3-18(35-26(34)30(14-12-28)15-13-29)16-17(19)2-4-21(20)22(27)6-7-23(27)36-25(33)9-8-24(31)32/h3,5,16,20-23H,2,4,6-15H2,1H3,(H,31,32)/t20-,21-,22+,23+,27+/m1/s1. The molecule has 7 nitrogen and oxygen atoms in total. The van der Waals surface area contributed by atoms with Crippen molar-refractivity contribution in [3.63, 3.8) is 0 Å². The molecule has 0 aromatic heterocycles.